The van der Waals surface area contributed by atoms with Gasteiger partial charge in [0.25, 0.3) is 10.0 Å². The van der Waals surface area contributed by atoms with Crippen LogP contribution in [-0.2, 0) is 16.6 Å². The summed E-state index contributed by atoms with van der Waals surface area (Å²) in [6.45, 7) is 4.14. The number of rotatable bonds is 9. The lowest BCUT2D eigenvalue weighted by Gasteiger charge is -2.39. The molecule has 4 rings (SSSR count). The molecule has 0 N–H and O–H groups in total. The van der Waals surface area contributed by atoms with Crippen LogP contribution in [-0.4, -0.2) is 53.8 Å². The molecule has 0 radical (unpaired) electrons. The van der Waals surface area contributed by atoms with E-state index >= 15 is 0 Å². The molecule has 1 aliphatic heterocycles. The normalized spacial score (nSPS) is 14.9. The van der Waals surface area contributed by atoms with Crippen molar-refractivity contribution in [1.29, 1.82) is 0 Å². The summed E-state index contributed by atoms with van der Waals surface area (Å²) < 4.78 is 45.8. The van der Waals surface area contributed by atoms with Gasteiger partial charge in [-0.25, -0.2) is 8.42 Å². The van der Waals surface area contributed by atoms with Gasteiger partial charge >= 0.3 is 0 Å². The Morgan fingerprint density at radius 1 is 0.833 bits per heavy atom. The van der Waals surface area contributed by atoms with Crippen LogP contribution in [0.15, 0.2) is 71.6 Å². The number of hydrogen-bond donors (Lipinski definition) is 0. The average Bonchev–Trinajstić information content (AvgIpc) is 2.90. The van der Waals surface area contributed by atoms with E-state index in [-0.39, 0.29) is 6.04 Å². The van der Waals surface area contributed by atoms with E-state index in [0.29, 0.717) is 34.4 Å². The highest BCUT2D eigenvalue weighted by atomic mass is 32.2. The van der Waals surface area contributed by atoms with Gasteiger partial charge in [0.05, 0.1) is 31.9 Å². The SMILES string of the molecule is COc1ccc(CN2CCC(N(c3ccccc3)S(=O)(=O)c3ccc(C)cc3)CC2)c(OC)c1OC. The van der Waals surface area contributed by atoms with Crippen LogP contribution < -0.4 is 18.5 Å². The molecule has 0 atom stereocenters. The molecular weight excluding hydrogens is 476 g/mol. The van der Waals surface area contributed by atoms with E-state index in [0.717, 1.165) is 37.1 Å². The Balaban J connectivity index is 1.55. The third-order valence-corrected chi connectivity index (χ3v) is 8.55. The molecule has 1 saturated heterocycles. The van der Waals surface area contributed by atoms with Crippen LogP contribution in [0.5, 0.6) is 17.2 Å². The largest absolute Gasteiger partial charge is 0.493 e. The fraction of sp³-hybridized carbons (Fsp3) is 0.357. The van der Waals surface area contributed by atoms with Gasteiger partial charge in [-0.1, -0.05) is 42.0 Å². The molecule has 0 aromatic heterocycles. The van der Waals surface area contributed by atoms with Crippen LogP contribution in [0.1, 0.15) is 24.0 Å². The minimum atomic E-state index is -3.71. The average molecular weight is 511 g/mol. The van der Waals surface area contributed by atoms with Gasteiger partial charge < -0.3 is 14.2 Å². The number of nitrogens with zero attached hydrogens (tertiary/aromatic N) is 2. The first-order valence-corrected chi connectivity index (χ1v) is 13.5. The van der Waals surface area contributed by atoms with E-state index in [1.54, 1.807) is 37.8 Å². The second kappa shape index (κ2) is 11.2. The van der Waals surface area contributed by atoms with E-state index < -0.39 is 10.0 Å². The third kappa shape index (κ3) is 5.29. The number of benzene rings is 3. The molecule has 3 aromatic carbocycles. The zero-order chi connectivity index (χ0) is 25.7. The molecule has 192 valence electrons. The van der Waals surface area contributed by atoms with Gasteiger partial charge in [-0.2, -0.15) is 0 Å². The number of hydrogen-bond acceptors (Lipinski definition) is 6. The Morgan fingerprint density at radius 3 is 2.06 bits per heavy atom. The van der Waals surface area contributed by atoms with E-state index in [1.165, 1.54) is 0 Å². The van der Waals surface area contributed by atoms with E-state index in [2.05, 4.69) is 4.90 Å². The van der Waals surface area contributed by atoms with Gasteiger partial charge in [-0.15, -0.1) is 0 Å². The predicted octanol–water partition coefficient (Wildman–Crippen LogP) is 4.88. The van der Waals surface area contributed by atoms with Crippen LogP contribution in [0, 0.1) is 6.92 Å². The van der Waals surface area contributed by atoms with Crippen LogP contribution in [0.4, 0.5) is 5.69 Å². The molecule has 8 heteroatoms. The van der Waals surface area contributed by atoms with Gasteiger partial charge in [0.1, 0.15) is 0 Å². The summed E-state index contributed by atoms with van der Waals surface area (Å²) >= 11 is 0. The molecule has 0 spiro atoms. The van der Waals surface area contributed by atoms with Gasteiger partial charge in [-0.3, -0.25) is 9.21 Å². The van der Waals surface area contributed by atoms with E-state index in [9.17, 15) is 8.42 Å². The van der Waals surface area contributed by atoms with Crippen molar-refractivity contribution in [3.05, 3.63) is 77.9 Å². The summed E-state index contributed by atoms with van der Waals surface area (Å²) in [5.74, 6) is 1.86. The highest BCUT2D eigenvalue weighted by molar-refractivity contribution is 7.92. The summed E-state index contributed by atoms with van der Waals surface area (Å²) in [6, 6.07) is 20.2. The maximum absolute atomic E-state index is 13.8. The molecule has 0 aliphatic carbocycles. The highest BCUT2D eigenvalue weighted by Crippen LogP contribution is 2.40. The molecule has 0 unspecified atom stereocenters. The van der Waals surface area contributed by atoms with Crippen molar-refractivity contribution in [2.24, 2.45) is 0 Å². The second-order valence-corrected chi connectivity index (χ2v) is 10.8. The minimum absolute atomic E-state index is 0.137. The topological polar surface area (TPSA) is 68.3 Å². The van der Waals surface area contributed by atoms with Gasteiger partial charge in [-0.05, 0) is 50.1 Å². The van der Waals surface area contributed by atoms with Crippen molar-refractivity contribution < 1.29 is 22.6 Å². The Labute approximate surface area is 214 Å². The summed E-state index contributed by atoms with van der Waals surface area (Å²) in [4.78, 5) is 2.64. The Bertz CT molecular complexity index is 1260. The second-order valence-electron chi connectivity index (χ2n) is 8.95. The van der Waals surface area contributed by atoms with Crippen molar-refractivity contribution in [1.82, 2.24) is 4.90 Å². The van der Waals surface area contributed by atoms with Crippen molar-refractivity contribution >= 4 is 15.7 Å². The summed E-state index contributed by atoms with van der Waals surface area (Å²) in [6.07, 6.45) is 1.44. The standard InChI is InChI=1S/C28H34N2O5S/c1-21-10-13-25(14-11-21)36(31,32)30(23-8-6-5-7-9-23)24-16-18-29(19-17-24)20-22-12-15-26(33-2)28(35-4)27(22)34-3/h5-15,24H,16-20H2,1-4H3. The number of aryl methyl sites for hydroxylation is 1. The molecule has 1 heterocycles. The quantitative estimate of drug-likeness (QED) is 0.409. The Morgan fingerprint density at radius 2 is 1.47 bits per heavy atom. The molecule has 3 aromatic rings. The zero-order valence-corrected chi connectivity index (χ0v) is 22.1. The zero-order valence-electron chi connectivity index (χ0n) is 21.3. The third-order valence-electron chi connectivity index (χ3n) is 6.66. The Hall–Kier alpha value is -3.23. The summed E-state index contributed by atoms with van der Waals surface area (Å²) in [5, 5.41) is 0. The number of para-hydroxylation sites is 1. The van der Waals surface area contributed by atoms with Gasteiger partial charge in [0.15, 0.2) is 11.5 Å². The Kier molecular flexibility index (Phi) is 8.06. The number of piperidine rings is 1. The molecule has 0 amide bonds. The first-order valence-electron chi connectivity index (χ1n) is 12.1. The van der Waals surface area contributed by atoms with Crippen LogP contribution >= 0.6 is 0 Å². The lowest BCUT2D eigenvalue weighted by atomic mass is 10.0. The predicted molar refractivity (Wildman–Crippen MR) is 142 cm³/mol. The highest BCUT2D eigenvalue weighted by Gasteiger charge is 2.34. The lowest BCUT2D eigenvalue weighted by molar-refractivity contribution is 0.203. The van der Waals surface area contributed by atoms with Crippen molar-refractivity contribution in [2.45, 2.75) is 37.2 Å². The minimum Gasteiger partial charge on any atom is -0.493 e. The van der Waals surface area contributed by atoms with E-state index in [4.69, 9.17) is 14.2 Å². The molecule has 1 fully saturated rings. The molecule has 36 heavy (non-hydrogen) atoms. The molecule has 7 nitrogen and oxygen atoms in total. The van der Waals surface area contributed by atoms with E-state index in [1.807, 2.05) is 61.5 Å². The monoisotopic (exact) mass is 510 g/mol. The number of ether oxygens (including phenoxy) is 3. The maximum Gasteiger partial charge on any atom is 0.264 e. The van der Waals surface area contributed by atoms with Crippen LogP contribution in [0.25, 0.3) is 0 Å². The van der Waals surface area contributed by atoms with Crippen LogP contribution in [0.3, 0.4) is 0 Å². The fourth-order valence-corrected chi connectivity index (χ4v) is 6.49. The van der Waals surface area contributed by atoms with Crippen molar-refractivity contribution in [3.8, 4) is 17.2 Å². The number of likely N-dealkylation sites (tertiary alicyclic amines) is 1. The fourth-order valence-electron chi connectivity index (χ4n) is 4.79. The molecular formula is C28H34N2O5S. The lowest BCUT2D eigenvalue weighted by Crippen LogP contribution is -2.47. The van der Waals surface area contributed by atoms with Crippen molar-refractivity contribution in [3.63, 3.8) is 0 Å². The molecule has 0 bridgehead atoms. The molecule has 0 saturated carbocycles. The molecule has 1 aliphatic rings. The first kappa shape index (κ1) is 25.9. The summed E-state index contributed by atoms with van der Waals surface area (Å²) in [7, 11) is 1.12. The number of sulfonamides is 1. The number of anilines is 1. The van der Waals surface area contributed by atoms with Crippen LogP contribution in [0.2, 0.25) is 0 Å². The first-order chi connectivity index (χ1) is 17.4. The van der Waals surface area contributed by atoms with Gasteiger partial charge in [0.2, 0.25) is 5.75 Å². The smallest absolute Gasteiger partial charge is 0.264 e. The number of methoxy groups -OCH3 is 3. The maximum atomic E-state index is 13.8. The van der Waals surface area contributed by atoms with Crippen molar-refractivity contribution in [2.75, 3.05) is 38.7 Å². The van der Waals surface area contributed by atoms with Gasteiger partial charge in [0, 0.05) is 31.2 Å². The summed E-state index contributed by atoms with van der Waals surface area (Å²) in [5.41, 5.74) is 2.72.